The molecule has 0 saturated carbocycles. The molecule has 0 aliphatic rings. The van der Waals surface area contributed by atoms with E-state index in [2.05, 4.69) is 4.72 Å². The average molecular weight is 352 g/mol. The number of ether oxygens (including phenoxy) is 2. The van der Waals surface area contributed by atoms with Crippen LogP contribution in [0.5, 0.6) is 11.5 Å². The zero-order chi connectivity index (χ0) is 17.1. The maximum Gasteiger partial charge on any atom is 0.322 e. The van der Waals surface area contributed by atoms with Gasteiger partial charge < -0.3 is 14.6 Å². The molecule has 0 spiro atoms. The van der Waals surface area contributed by atoms with Crippen molar-refractivity contribution in [1.29, 1.82) is 0 Å². The first-order valence-electron chi connectivity index (χ1n) is 6.30. The van der Waals surface area contributed by atoms with Crippen molar-refractivity contribution in [2.45, 2.75) is 24.8 Å². The number of hydrogen-bond acceptors (Lipinski definition) is 5. The van der Waals surface area contributed by atoms with Gasteiger partial charge in [0.2, 0.25) is 10.0 Å². The summed E-state index contributed by atoms with van der Waals surface area (Å²) in [4.78, 5) is 10.9. The maximum absolute atomic E-state index is 12.4. The Labute approximate surface area is 134 Å². The molecule has 1 aromatic carbocycles. The maximum atomic E-state index is 12.4. The van der Waals surface area contributed by atoms with Gasteiger partial charge in [0, 0.05) is 6.07 Å². The number of hydrogen-bond donors (Lipinski definition) is 2. The summed E-state index contributed by atoms with van der Waals surface area (Å²) < 4.78 is 37.0. The summed E-state index contributed by atoms with van der Waals surface area (Å²) in [5, 5.41) is 9.18. The zero-order valence-electron chi connectivity index (χ0n) is 12.6. The summed E-state index contributed by atoms with van der Waals surface area (Å²) in [7, 11) is -1.46. The molecule has 0 aliphatic carbocycles. The van der Waals surface area contributed by atoms with Gasteiger partial charge in [-0.25, -0.2) is 8.42 Å². The van der Waals surface area contributed by atoms with Gasteiger partial charge in [0.15, 0.2) is 0 Å². The Morgan fingerprint density at radius 3 is 2.18 bits per heavy atom. The van der Waals surface area contributed by atoms with E-state index < -0.39 is 28.0 Å². The predicted molar refractivity (Wildman–Crippen MR) is 81.1 cm³/mol. The number of nitrogens with one attached hydrogen (secondary N) is 1. The molecule has 0 aromatic heterocycles. The molecular weight excluding hydrogens is 334 g/mol. The van der Waals surface area contributed by atoms with Crippen LogP contribution < -0.4 is 14.2 Å². The second-order valence-electron chi connectivity index (χ2n) is 4.82. The molecule has 0 fully saturated rings. The van der Waals surface area contributed by atoms with Crippen molar-refractivity contribution in [2.24, 2.45) is 5.92 Å². The van der Waals surface area contributed by atoms with Gasteiger partial charge in [-0.1, -0.05) is 25.4 Å². The molecule has 124 valence electrons. The number of benzene rings is 1. The van der Waals surface area contributed by atoms with E-state index in [0.29, 0.717) is 0 Å². The van der Waals surface area contributed by atoms with Crippen molar-refractivity contribution < 1.29 is 27.8 Å². The summed E-state index contributed by atoms with van der Waals surface area (Å²) in [6.45, 7) is 3.19. The van der Waals surface area contributed by atoms with E-state index in [1.165, 1.54) is 20.3 Å². The van der Waals surface area contributed by atoms with Crippen LogP contribution in [0.4, 0.5) is 0 Å². The molecule has 0 bridgehead atoms. The van der Waals surface area contributed by atoms with Crippen molar-refractivity contribution in [1.82, 2.24) is 4.72 Å². The number of carbonyl (C=O) groups is 1. The van der Waals surface area contributed by atoms with E-state index in [1.807, 2.05) is 0 Å². The standard InChI is InChI=1S/C13H18ClNO6S/c1-7(2)12(13(16)17)15-22(18,19)11-5-8(14)9(20-3)6-10(11)21-4/h5-7,12,15H,1-4H3,(H,16,17). The first kappa shape index (κ1) is 18.5. The smallest absolute Gasteiger partial charge is 0.322 e. The SMILES string of the molecule is COc1cc(OC)c(S(=O)(=O)NC(C(=O)O)C(C)C)cc1Cl. The van der Waals surface area contributed by atoms with Crippen LogP contribution in [-0.4, -0.2) is 39.8 Å². The Morgan fingerprint density at radius 2 is 1.77 bits per heavy atom. The van der Waals surface area contributed by atoms with Gasteiger partial charge in [0.05, 0.1) is 19.2 Å². The van der Waals surface area contributed by atoms with Crippen molar-refractivity contribution in [3.8, 4) is 11.5 Å². The number of aliphatic carboxylic acids is 1. The van der Waals surface area contributed by atoms with Crippen LogP contribution in [0.2, 0.25) is 5.02 Å². The fourth-order valence-electron chi connectivity index (χ4n) is 1.74. The summed E-state index contributed by atoms with van der Waals surface area (Å²) in [5.74, 6) is -1.46. The van der Waals surface area contributed by atoms with Gasteiger partial charge in [-0.05, 0) is 12.0 Å². The normalized spacial score (nSPS) is 13.0. The lowest BCUT2D eigenvalue weighted by atomic mass is 10.1. The Hall–Kier alpha value is -1.51. The van der Waals surface area contributed by atoms with Crippen LogP contribution in [0.3, 0.4) is 0 Å². The Morgan fingerprint density at radius 1 is 1.23 bits per heavy atom. The van der Waals surface area contributed by atoms with Gasteiger partial charge in [-0.15, -0.1) is 0 Å². The highest BCUT2D eigenvalue weighted by Crippen LogP contribution is 2.35. The molecule has 0 aliphatic heterocycles. The van der Waals surface area contributed by atoms with Crippen molar-refractivity contribution in [3.63, 3.8) is 0 Å². The lowest BCUT2D eigenvalue weighted by Crippen LogP contribution is -2.44. The monoisotopic (exact) mass is 351 g/mol. The highest BCUT2D eigenvalue weighted by atomic mass is 35.5. The molecular formula is C13H18ClNO6S. The third-order valence-corrected chi connectivity index (χ3v) is 4.70. The second kappa shape index (κ2) is 7.17. The molecule has 1 atom stereocenters. The molecule has 1 rings (SSSR count). The first-order chi connectivity index (χ1) is 10.1. The highest BCUT2D eigenvalue weighted by Gasteiger charge is 2.30. The summed E-state index contributed by atoms with van der Waals surface area (Å²) in [6, 6.07) is 1.21. The quantitative estimate of drug-likeness (QED) is 0.775. The molecule has 0 saturated heterocycles. The fraction of sp³-hybridized carbons (Fsp3) is 0.462. The lowest BCUT2D eigenvalue weighted by molar-refractivity contribution is -0.140. The fourth-order valence-corrected chi connectivity index (χ4v) is 3.56. The summed E-state index contributed by atoms with van der Waals surface area (Å²) >= 11 is 5.94. The molecule has 7 nitrogen and oxygen atoms in total. The van der Waals surface area contributed by atoms with E-state index in [0.717, 1.165) is 6.07 Å². The Kier molecular flexibility index (Phi) is 6.04. The number of carboxylic acid groups (broad SMARTS) is 1. The van der Waals surface area contributed by atoms with Gasteiger partial charge in [0.25, 0.3) is 0 Å². The summed E-state index contributed by atoms with van der Waals surface area (Å²) in [6.07, 6.45) is 0. The van der Waals surface area contributed by atoms with E-state index in [9.17, 15) is 13.2 Å². The van der Waals surface area contributed by atoms with Crippen molar-refractivity contribution in [2.75, 3.05) is 14.2 Å². The van der Waals surface area contributed by atoms with Crippen molar-refractivity contribution >= 4 is 27.6 Å². The molecule has 0 heterocycles. The van der Waals surface area contributed by atoms with E-state index in [1.54, 1.807) is 13.8 Å². The van der Waals surface area contributed by atoms with Gasteiger partial charge in [-0.3, -0.25) is 4.79 Å². The van der Waals surface area contributed by atoms with Gasteiger partial charge in [-0.2, -0.15) is 4.72 Å². The molecule has 2 N–H and O–H groups in total. The molecule has 1 aromatic rings. The van der Waals surface area contributed by atoms with Crippen molar-refractivity contribution in [3.05, 3.63) is 17.2 Å². The third-order valence-electron chi connectivity index (χ3n) is 2.94. The molecule has 22 heavy (non-hydrogen) atoms. The minimum atomic E-state index is -4.14. The van der Waals surface area contributed by atoms with E-state index in [4.69, 9.17) is 26.2 Å². The minimum absolute atomic E-state index is 0.00152. The zero-order valence-corrected chi connectivity index (χ0v) is 14.2. The number of carboxylic acids is 1. The Balaban J connectivity index is 3.33. The Bertz CT molecular complexity index is 659. The predicted octanol–water partition coefficient (Wildman–Crippen LogP) is 1.74. The van der Waals surface area contributed by atoms with Crippen LogP contribution >= 0.6 is 11.6 Å². The number of rotatable bonds is 7. The minimum Gasteiger partial charge on any atom is -0.495 e. The largest absolute Gasteiger partial charge is 0.495 e. The molecule has 0 amide bonds. The van der Waals surface area contributed by atoms with Crippen LogP contribution in [0.15, 0.2) is 17.0 Å². The molecule has 0 radical (unpaired) electrons. The average Bonchev–Trinajstić information content (AvgIpc) is 2.43. The molecule has 9 heteroatoms. The second-order valence-corrected chi connectivity index (χ2v) is 6.91. The van der Waals surface area contributed by atoms with Crippen LogP contribution in [0.25, 0.3) is 0 Å². The number of halogens is 1. The lowest BCUT2D eigenvalue weighted by Gasteiger charge is -2.19. The first-order valence-corrected chi connectivity index (χ1v) is 8.16. The van der Waals surface area contributed by atoms with Gasteiger partial charge in [0.1, 0.15) is 22.4 Å². The summed E-state index contributed by atoms with van der Waals surface area (Å²) in [5.41, 5.74) is 0. The topological polar surface area (TPSA) is 102 Å². The van der Waals surface area contributed by atoms with Crippen LogP contribution in [-0.2, 0) is 14.8 Å². The van der Waals surface area contributed by atoms with Crippen LogP contribution in [0, 0.1) is 5.92 Å². The van der Waals surface area contributed by atoms with E-state index in [-0.39, 0.29) is 21.4 Å². The molecule has 1 unspecified atom stereocenters. The third kappa shape index (κ3) is 4.02. The van der Waals surface area contributed by atoms with E-state index >= 15 is 0 Å². The van der Waals surface area contributed by atoms with Crippen LogP contribution in [0.1, 0.15) is 13.8 Å². The number of sulfonamides is 1. The highest BCUT2D eigenvalue weighted by molar-refractivity contribution is 7.89. The number of methoxy groups -OCH3 is 2. The van der Waals surface area contributed by atoms with Gasteiger partial charge >= 0.3 is 5.97 Å².